The maximum atomic E-state index is 12.1. The first-order chi connectivity index (χ1) is 13.0. The zero-order chi connectivity index (χ0) is 19.2. The van der Waals surface area contributed by atoms with E-state index in [1.807, 2.05) is 37.4 Å². The van der Waals surface area contributed by atoms with Crippen LogP contribution in [0.2, 0.25) is 0 Å². The van der Waals surface area contributed by atoms with E-state index < -0.39 is 0 Å². The normalized spacial score (nSPS) is 10.8. The van der Waals surface area contributed by atoms with Crippen LogP contribution in [-0.4, -0.2) is 25.5 Å². The lowest BCUT2D eigenvalue weighted by Crippen LogP contribution is -2.14. The van der Waals surface area contributed by atoms with Gasteiger partial charge in [-0.3, -0.25) is 9.48 Å². The number of hydrogen-bond acceptors (Lipinski definition) is 4. The van der Waals surface area contributed by atoms with Gasteiger partial charge in [-0.2, -0.15) is 10.2 Å². The Morgan fingerprint density at radius 2 is 2.00 bits per heavy atom. The fourth-order valence-electron chi connectivity index (χ4n) is 2.51. The second-order valence-corrected chi connectivity index (χ2v) is 7.33. The van der Waals surface area contributed by atoms with Crippen molar-refractivity contribution in [1.82, 2.24) is 19.6 Å². The van der Waals surface area contributed by atoms with Crippen molar-refractivity contribution in [3.05, 3.63) is 57.7 Å². The summed E-state index contributed by atoms with van der Waals surface area (Å²) in [5, 5.41) is 11.4. The first-order valence-corrected chi connectivity index (χ1v) is 9.85. The molecule has 3 aromatic rings. The molecule has 1 N–H and O–H groups in total. The molecule has 1 aromatic carbocycles. The van der Waals surface area contributed by atoms with E-state index in [9.17, 15) is 4.79 Å². The Kier molecular flexibility index (Phi) is 6.49. The number of carbonyl (C=O) groups is 1. The van der Waals surface area contributed by atoms with Gasteiger partial charge in [0.1, 0.15) is 5.75 Å². The lowest BCUT2D eigenvalue weighted by atomic mass is 10.2. The molecule has 8 heteroatoms. The molecule has 0 spiro atoms. The van der Waals surface area contributed by atoms with Gasteiger partial charge in [0.2, 0.25) is 5.91 Å². The van der Waals surface area contributed by atoms with Gasteiger partial charge < -0.3 is 10.1 Å². The van der Waals surface area contributed by atoms with Gasteiger partial charge in [0, 0.05) is 19.2 Å². The maximum absolute atomic E-state index is 12.1. The zero-order valence-electron chi connectivity index (χ0n) is 15.4. The van der Waals surface area contributed by atoms with Crippen molar-refractivity contribution in [2.75, 3.05) is 5.32 Å². The zero-order valence-corrected chi connectivity index (χ0v) is 17.5. The number of ether oxygens (including phenoxy) is 1. The minimum absolute atomic E-state index is 0.0752. The van der Waals surface area contributed by atoms with E-state index in [2.05, 4.69) is 45.0 Å². The van der Waals surface area contributed by atoms with Crippen molar-refractivity contribution >= 4 is 34.2 Å². The van der Waals surface area contributed by atoms with Crippen LogP contribution in [0.5, 0.6) is 5.75 Å². The predicted octanol–water partition coefficient (Wildman–Crippen LogP) is 3.62. The third-order valence-corrected chi connectivity index (χ3v) is 5.13. The van der Waals surface area contributed by atoms with E-state index in [0.29, 0.717) is 18.7 Å². The first kappa shape index (κ1) is 19.4. The van der Waals surface area contributed by atoms with Gasteiger partial charge in [-0.25, -0.2) is 4.68 Å². The fourth-order valence-corrected chi connectivity index (χ4v) is 2.94. The molecule has 3 rings (SSSR count). The number of aromatic nitrogens is 4. The lowest BCUT2D eigenvalue weighted by molar-refractivity contribution is -0.116. The van der Waals surface area contributed by atoms with Gasteiger partial charge in [0.05, 0.1) is 27.3 Å². The van der Waals surface area contributed by atoms with E-state index in [-0.39, 0.29) is 12.6 Å². The Morgan fingerprint density at radius 3 is 2.67 bits per heavy atom. The Hall–Kier alpha value is -2.36. The van der Waals surface area contributed by atoms with Crippen molar-refractivity contribution in [3.63, 3.8) is 0 Å². The van der Waals surface area contributed by atoms with Gasteiger partial charge in [0.25, 0.3) is 0 Å². The van der Waals surface area contributed by atoms with Gasteiger partial charge in [-0.15, -0.1) is 0 Å². The van der Waals surface area contributed by atoms with Gasteiger partial charge in [-0.1, -0.05) is 19.1 Å². The minimum atomic E-state index is -0.0752. The van der Waals surface area contributed by atoms with E-state index in [4.69, 9.17) is 4.74 Å². The van der Waals surface area contributed by atoms with E-state index in [0.717, 1.165) is 21.4 Å². The van der Waals surface area contributed by atoms with Crippen LogP contribution in [0.15, 0.2) is 42.9 Å². The molecule has 0 aliphatic carbocycles. The number of aryl methyl sites for hydroxylation is 3. The second-order valence-electron chi connectivity index (χ2n) is 6.16. The summed E-state index contributed by atoms with van der Waals surface area (Å²) in [6.45, 7) is 4.90. The van der Waals surface area contributed by atoms with Crippen LogP contribution in [0.1, 0.15) is 24.6 Å². The average Bonchev–Trinajstić information content (AvgIpc) is 3.25. The largest absolute Gasteiger partial charge is 0.471 e. The van der Waals surface area contributed by atoms with E-state index >= 15 is 0 Å². The molecule has 0 fully saturated rings. The molecule has 0 saturated heterocycles. The quantitative estimate of drug-likeness (QED) is 0.501. The van der Waals surface area contributed by atoms with Crippen LogP contribution in [0.4, 0.5) is 5.69 Å². The number of nitrogens with one attached hydrogen (secondary N) is 1. The Morgan fingerprint density at radius 1 is 1.22 bits per heavy atom. The molecular formula is C19H22IN5O2. The molecule has 0 atom stereocenters. The lowest BCUT2D eigenvalue weighted by Gasteiger charge is -2.06. The number of halogens is 1. The summed E-state index contributed by atoms with van der Waals surface area (Å²) in [4.78, 5) is 12.1. The first-order valence-electron chi connectivity index (χ1n) is 8.77. The number of nitrogens with zero attached hydrogens (tertiary/aromatic N) is 4. The van der Waals surface area contributed by atoms with Gasteiger partial charge >= 0.3 is 0 Å². The standard InChI is InChI=1S/C19H22IN5O2/c1-3-15-4-6-17(7-5-15)27-13-25-11-16(10-21-25)22-19(26)8-9-24-12-18(20)14(2)23-24/h4-7,10-12H,3,8-9,13H2,1-2H3,(H,22,26). The number of hydrogen-bond donors (Lipinski definition) is 1. The summed E-state index contributed by atoms with van der Waals surface area (Å²) in [5.74, 6) is 0.714. The third-order valence-electron chi connectivity index (χ3n) is 4.07. The number of amides is 1. The Balaban J connectivity index is 1.45. The molecule has 7 nitrogen and oxygen atoms in total. The molecule has 0 unspecified atom stereocenters. The molecule has 1 amide bonds. The van der Waals surface area contributed by atoms with Gasteiger partial charge in [0.15, 0.2) is 6.73 Å². The fraction of sp³-hybridized carbons (Fsp3) is 0.316. The van der Waals surface area contributed by atoms with Crippen LogP contribution >= 0.6 is 22.6 Å². The third kappa shape index (κ3) is 5.56. The Labute approximate surface area is 171 Å². The van der Waals surface area contributed by atoms with Crippen molar-refractivity contribution in [3.8, 4) is 5.75 Å². The van der Waals surface area contributed by atoms with Crippen molar-refractivity contribution in [2.45, 2.75) is 40.0 Å². The molecule has 0 aliphatic rings. The topological polar surface area (TPSA) is 74.0 Å². The number of carbonyl (C=O) groups excluding carboxylic acids is 1. The number of benzene rings is 1. The highest BCUT2D eigenvalue weighted by Crippen LogP contribution is 2.14. The maximum Gasteiger partial charge on any atom is 0.226 e. The summed E-state index contributed by atoms with van der Waals surface area (Å²) in [6, 6.07) is 7.99. The summed E-state index contributed by atoms with van der Waals surface area (Å²) in [6.07, 6.45) is 6.65. The second kappa shape index (κ2) is 9.03. The van der Waals surface area contributed by atoms with Crippen LogP contribution in [0.3, 0.4) is 0 Å². The van der Waals surface area contributed by atoms with Crippen molar-refractivity contribution in [1.29, 1.82) is 0 Å². The van der Waals surface area contributed by atoms with Crippen LogP contribution < -0.4 is 10.1 Å². The highest BCUT2D eigenvalue weighted by molar-refractivity contribution is 14.1. The molecule has 2 aromatic heterocycles. The summed E-state index contributed by atoms with van der Waals surface area (Å²) < 4.78 is 10.2. The van der Waals surface area contributed by atoms with Crippen molar-refractivity contribution < 1.29 is 9.53 Å². The molecule has 0 bridgehead atoms. The van der Waals surface area contributed by atoms with Gasteiger partial charge in [-0.05, 0) is 53.6 Å². The summed E-state index contributed by atoms with van der Waals surface area (Å²) in [5.41, 5.74) is 2.89. The van der Waals surface area contributed by atoms with E-state index in [1.165, 1.54) is 5.56 Å². The molecule has 0 radical (unpaired) electrons. The summed E-state index contributed by atoms with van der Waals surface area (Å²) in [7, 11) is 0. The molecule has 27 heavy (non-hydrogen) atoms. The minimum Gasteiger partial charge on any atom is -0.471 e. The SMILES string of the molecule is CCc1ccc(OCn2cc(NC(=O)CCn3cc(I)c(C)n3)cn2)cc1. The average molecular weight is 479 g/mol. The van der Waals surface area contributed by atoms with Crippen molar-refractivity contribution in [2.24, 2.45) is 0 Å². The van der Waals surface area contributed by atoms with E-state index in [1.54, 1.807) is 21.8 Å². The number of rotatable bonds is 8. The molecule has 2 heterocycles. The predicted molar refractivity (Wildman–Crippen MR) is 112 cm³/mol. The van der Waals surface area contributed by atoms with Crippen LogP contribution in [-0.2, 0) is 24.5 Å². The molecular weight excluding hydrogens is 457 g/mol. The highest BCUT2D eigenvalue weighted by Gasteiger charge is 2.07. The molecule has 0 saturated carbocycles. The molecule has 0 aliphatic heterocycles. The smallest absolute Gasteiger partial charge is 0.226 e. The highest BCUT2D eigenvalue weighted by atomic mass is 127. The monoisotopic (exact) mass is 479 g/mol. The number of anilines is 1. The Bertz CT molecular complexity index is 882. The summed E-state index contributed by atoms with van der Waals surface area (Å²) >= 11 is 2.23. The van der Waals surface area contributed by atoms with Crippen LogP contribution in [0, 0.1) is 10.5 Å². The molecule has 142 valence electrons. The van der Waals surface area contributed by atoms with Crippen LogP contribution in [0.25, 0.3) is 0 Å².